The zero-order chi connectivity index (χ0) is 12.4. The van der Waals surface area contributed by atoms with Gasteiger partial charge in [-0.05, 0) is 42.7 Å². The molecule has 1 heterocycles. The summed E-state index contributed by atoms with van der Waals surface area (Å²) in [6.07, 6.45) is 4.86. The van der Waals surface area contributed by atoms with Gasteiger partial charge in [0, 0.05) is 34.9 Å². The number of nitrogens with one attached hydrogen (secondary N) is 1. The van der Waals surface area contributed by atoms with Crippen molar-refractivity contribution in [3.8, 4) is 0 Å². The summed E-state index contributed by atoms with van der Waals surface area (Å²) in [7, 11) is -0.551. The van der Waals surface area contributed by atoms with Crippen LogP contribution in [-0.4, -0.2) is 21.8 Å². The Morgan fingerprint density at radius 2 is 1.83 bits per heavy atom. The van der Waals surface area contributed by atoms with Crippen LogP contribution in [0.1, 0.15) is 42.7 Å². The first kappa shape index (κ1) is 12.4. The Kier molecular flexibility index (Phi) is 3.80. The van der Waals surface area contributed by atoms with Gasteiger partial charge in [-0.1, -0.05) is 24.3 Å². The molecule has 18 heavy (non-hydrogen) atoms. The molecule has 0 unspecified atom stereocenters. The van der Waals surface area contributed by atoms with E-state index in [9.17, 15) is 4.21 Å². The molecule has 2 aliphatic rings. The number of rotatable bonds is 4. The van der Waals surface area contributed by atoms with Gasteiger partial charge >= 0.3 is 0 Å². The molecule has 2 fully saturated rings. The molecular formula is C15H21NOS. The van der Waals surface area contributed by atoms with Crippen molar-refractivity contribution in [2.24, 2.45) is 0 Å². The summed E-state index contributed by atoms with van der Waals surface area (Å²) in [5, 5.41) is 3.65. The predicted octanol–water partition coefficient (Wildman–Crippen LogP) is 2.56. The third-order valence-electron chi connectivity index (χ3n) is 4.04. The molecule has 1 aliphatic heterocycles. The fourth-order valence-electron chi connectivity index (χ4n) is 2.74. The molecule has 0 bridgehead atoms. The highest BCUT2D eigenvalue weighted by Gasteiger charge is 2.25. The van der Waals surface area contributed by atoms with E-state index < -0.39 is 10.8 Å². The maximum atomic E-state index is 11.3. The Morgan fingerprint density at radius 3 is 2.56 bits per heavy atom. The molecule has 1 aromatic rings. The van der Waals surface area contributed by atoms with Gasteiger partial charge in [0.2, 0.25) is 0 Å². The van der Waals surface area contributed by atoms with Gasteiger partial charge in [0.15, 0.2) is 0 Å². The second kappa shape index (κ2) is 5.54. The van der Waals surface area contributed by atoms with Crippen molar-refractivity contribution in [1.29, 1.82) is 0 Å². The van der Waals surface area contributed by atoms with Gasteiger partial charge < -0.3 is 5.32 Å². The van der Waals surface area contributed by atoms with Crippen molar-refractivity contribution >= 4 is 10.8 Å². The minimum absolute atomic E-state index is 0.551. The maximum absolute atomic E-state index is 11.3. The fraction of sp³-hybridized carbons (Fsp3) is 0.600. The Bertz CT molecular complexity index is 432. The summed E-state index contributed by atoms with van der Waals surface area (Å²) in [4.78, 5) is 0. The molecule has 1 saturated heterocycles. The molecule has 1 aliphatic carbocycles. The van der Waals surface area contributed by atoms with E-state index in [1.54, 1.807) is 5.56 Å². The van der Waals surface area contributed by atoms with Crippen LogP contribution in [-0.2, 0) is 17.3 Å². The summed E-state index contributed by atoms with van der Waals surface area (Å²) < 4.78 is 11.3. The Morgan fingerprint density at radius 1 is 1.11 bits per heavy atom. The first-order chi connectivity index (χ1) is 8.83. The summed E-state index contributed by atoms with van der Waals surface area (Å²) in [5.41, 5.74) is 3.01. The largest absolute Gasteiger partial charge is 0.310 e. The molecule has 3 rings (SSSR count). The van der Waals surface area contributed by atoms with E-state index in [1.807, 2.05) is 0 Å². The van der Waals surface area contributed by atoms with Crippen molar-refractivity contribution in [1.82, 2.24) is 5.32 Å². The molecule has 1 aromatic carbocycles. The van der Waals surface area contributed by atoms with Gasteiger partial charge in [0.25, 0.3) is 0 Å². The van der Waals surface area contributed by atoms with Crippen LogP contribution in [0.25, 0.3) is 0 Å². The standard InChI is InChI=1S/C15H21NOS/c17-18-9-7-14(8-10-18)16-11-13-3-1-2-4-15(13)12-5-6-12/h1-4,12,14,16H,5-11H2. The summed E-state index contributed by atoms with van der Waals surface area (Å²) in [5.74, 6) is 2.58. The molecule has 0 radical (unpaired) electrons. The molecule has 1 N–H and O–H groups in total. The monoisotopic (exact) mass is 263 g/mol. The van der Waals surface area contributed by atoms with Crippen LogP contribution >= 0.6 is 0 Å². The summed E-state index contributed by atoms with van der Waals surface area (Å²) in [6.45, 7) is 0.976. The lowest BCUT2D eigenvalue weighted by molar-refractivity contribution is 0.474. The highest BCUT2D eigenvalue weighted by Crippen LogP contribution is 2.41. The van der Waals surface area contributed by atoms with Crippen LogP contribution in [0.3, 0.4) is 0 Å². The van der Waals surface area contributed by atoms with Crippen molar-refractivity contribution in [3.63, 3.8) is 0 Å². The first-order valence-electron chi connectivity index (χ1n) is 6.99. The van der Waals surface area contributed by atoms with Crippen LogP contribution in [0.4, 0.5) is 0 Å². The van der Waals surface area contributed by atoms with E-state index >= 15 is 0 Å². The first-order valence-corrected chi connectivity index (χ1v) is 8.48. The molecule has 0 amide bonds. The SMILES string of the molecule is O=S1CCC(NCc2ccccc2C2CC2)CC1. The molecule has 0 spiro atoms. The smallest absolute Gasteiger partial charge is 0.0249 e. The van der Waals surface area contributed by atoms with Gasteiger partial charge in [-0.15, -0.1) is 0 Å². The highest BCUT2D eigenvalue weighted by atomic mass is 32.2. The minimum Gasteiger partial charge on any atom is -0.310 e. The lowest BCUT2D eigenvalue weighted by Crippen LogP contribution is -2.35. The van der Waals surface area contributed by atoms with Gasteiger partial charge in [-0.25, -0.2) is 0 Å². The molecule has 2 nitrogen and oxygen atoms in total. The maximum Gasteiger partial charge on any atom is 0.0249 e. The van der Waals surface area contributed by atoms with E-state index in [1.165, 1.54) is 18.4 Å². The molecule has 1 saturated carbocycles. The number of benzene rings is 1. The number of hydrogen-bond acceptors (Lipinski definition) is 2. The predicted molar refractivity (Wildman–Crippen MR) is 76.2 cm³/mol. The quantitative estimate of drug-likeness (QED) is 0.904. The van der Waals surface area contributed by atoms with Gasteiger partial charge in [-0.2, -0.15) is 0 Å². The van der Waals surface area contributed by atoms with E-state index in [0.29, 0.717) is 6.04 Å². The zero-order valence-corrected chi connectivity index (χ0v) is 11.5. The molecular weight excluding hydrogens is 242 g/mol. The lowest BCUT2D eigenvalue weighted by atomic mass is 10.0. The Balaban J connectivity index is 1.58. The Hall–Kier alpha value is -0.670. The number of hydrogen-bond donors (Lipinski definition) is 1. The summed E-state index contributed by atoms with van der Waals surface area (Å²) in [6, 6.07) is 9.39. The second-order valence-electron chi connectivity index (χ2n) is 5.48. The minimum atomic E-state index is -0.551. The normalized spacial score (nSPS) is 28.2. The van der Waals surface area contributed by atoms with E-state index in [-0.39, 0.29) is 0 Å². The van der Waals surface area contributed by atoms with Gasteiger partial charge in [-0.3, -0.25) is 4.21 Å². The molecule has 0 aromatic heterocycles. The lowest BCUT2D eigenvalue weighted by Gasteiger charge is -2.23. The van der Waals surface area contributed by atoms with E-state index in [0.717, 1.165) is 36.8 Å². The highest BCUT2D eigenvalue weighted by molar-refractivity contribution is 7.85. The van der Waals surface area contributed by atoms with E-state index in [2.05, 4.69) is 29.6 Å². The van der Waals surface area contributed by atoms with Crippen molar-refractivity contribution in [3.05, 3.63) is 35.4 Å². The van der Waals surface area contributed by atoms with Crippen LogP contribution in [0.5, 0.6) is 0 Å². The fourth-order valence-corrected chi connectivity index (χ4v) is 4.04. The van der Waals surface area contributed by atoms with Crippen LogP contribution < -0.4 is 5.32 Å². The summed E-state index contributed by atoms with van der Waals surface area (Å²) >= 11 is 0. The Labute approximate surface area is 112 Å². The van der Waals surface area contributed by atoms with Crippen molar-refractivity contribution in [2.75, 3.05) is 11.5 Å². The van der Waals surface area contributed by atoms with Crippen LogP contribution in [0.2, 0.25) is 0 Å². The topological polar surface area (TPSA) is 29.1 Å². The van der Waals surface area contributed by atoms with Crippen molar-refractivity contribution < 1.29 is 4.21 Å². The average Bonchev–Trinajstić information content (AvgIpc) is 3.23. The van der Waals surface area contributed by atoms with E-state index in [4.69, 9.17) is 0 Å². The van der Waals surface area contributed by atoms with Gasteiger partial charge in [0.1, 0.15) is 0 Å². The van der Waals surface area contributed by atoms with Crippen molar-refractivity contribution in [2.45, 2.75) is 44.2 Å². The molecule has 3 heteroatoms. The second-order valence-corrected chi connectivity index (χ2v) is 7.17. The molecule has 98 valence electrons. The zero-order valence-electron chi connectivity index (χ0n) is 10.7. The third-order valence-corrected chi connectivity index (χ3v) is 5.42. The van der Waals surface area contributed by atoms with Crippen LogP contribution in [0.15, 0.2) is 24.3 Å². The van der Waals surface area contributed by atoms with Gasteiger partial charge in [0.05, 0.1) is 0 Å². The average molecular weight is 263 g/mol. The molecule has 0 atom stereocenters. The third kappa shape index (κ3) is 3.01. The van der Waals surface area contributed by atoms with Crippen LogP contribution in [0, 0.1) is 0 Å².